The minimum Gasteiger partial charge on any atom is -0.296 e. The van der Waals surface area contributed by atoms with E-state index in [-0.39, 0.29) is 4.90 Å². The first-order valence-corrected chi connectivity index (χ1v) is 14.0. The molecule has 0 radical (unpaired) electrons. The fraction of sp³-hybridized carbons (Fsp3) is 0.348. The molecule has 10 heteroatoms. The Hall–Kier alpha value is -2.27. The summed E-state index contributed by atoms with van der Waals surface area (Å²) < 4.78 is 28.5. The van der Waals surface area contributed by atoms with Gasteiger partial charge in [-0.3, -0.25) is 10.1 Å². The van der Waals surface area contributed by atoms with Crippen molar-refractivity contribution < 1.29 is 13.2 Å². The summed E-state index contributed by atoms with van der Waals surface area (Å²) in [6.07, 6.45) is 1.69. The van der Waals surface area contributed by atoms with Gasteiger partial charge in [-0.2, -0.15) is 4.31 Å². The lowest BCUT2D eigenvalue weighted by molar-refractivity contribution is 0.102. The van der Waals surface area contributed by atoms with E-state index in [0.29, 0.717) is 35.3 Å². The van der Waals surface area contributed by atoms with E-state index in [2.05, 4.69) is 22.4 Å². The third-order valence-corrected chi connectivity index (χ3v) is 9.60. The highest BCUT2D eigenvalue weighted by Crippen LogP contribution is 2.29. The zero-order valence-corrected chi connectivity index (χ0v) is 21.0. The minimum absolute atomic E-state index is 0.143. The largest absolute Gasteiger partial charge is 0.296 e. The fourth-order valence-electron chi connectivity index (χ4n) is 3.58. The molecule has 0 aliphatic carbocycles. The monoisotopic (exact) mass is 502 g/mol. The Morgan fingerprint density at radius 2 is 1.88 bits per heavy atom. The number of sulfonamides is 1. The van der Waals surface area contributed by atoms with Crippen molar-refractivity contribution >= 4 is 44.2 Å². The fourth-order valence-corrected chi connectivity index (χ4v) is 6.78. The number of amides is 1. The van der Waals surface area contributed by atoms with E-state index >= 15 is 0 Å². The van der Waals surface area contributed by atoms with Crippen molar-refractivity contribution in [2.75, 3.05) is 18.4 Å². The summed E-state index contributed by atoms with van der Waals surface area (Å²) in [4.78, 5) is 13.1. The Kier molecular flexibility index (Phi) is 7.48. The number of carbonyl (C=O) groups excluding carboxylic acids is 1. The molecular formula is C23H26N4O3S3. The second-order valence-corrected chi connectivity index (χ2v) is 12.3. The predicted octanol–water partition coefficient (Wildman–Crippen LogP) is 4.81. The van der Waals surface area contributed by atoms with Gasteiger partial charge >= 0.3 is 0 Å². The summed E-state index contributed by atoms with van der Waals surface area (Å²) in [6.45, 7) is 4.94. The van der Waals surface area contributed by atoms with Gasteiger partial charge < -0.3 is 0 Å². The number of hydrogen-bond donors (Lipinski definition) is 1. The highest BCUT2D eigenvalue weighted by atomic mass is 32.2. The lowest BCUT2D eigenvalue weighted by Gasteiger charge is -2.29. The SMILES string of the molecule is Cc1ccc(S(=O)(=O)N2CCC(C)CC2)cc1C(=O)Nc1nnc(SCc2ccccc2)s1. The van der Waals surface area contributed by atoms with E-state index < -0.39 is 15.9 Å². The molecule has 0 bridgehead atoms. The lowest BCUT2D eigenvalue weighted by Crippen LogP contribution is -2.38. The number of nitrogens with one attached hydrogen (secondary N) is 1. The van der Waals surface area contributed by atoms with Crippen LogP contribution in [0.1, 0.15) is 41.3 Å². The number of aryl methyl sites for hydroxylation is 1. The molecule has 4 rings (SSSR count). The van der Waals surface area contributed by atoms with Crippen molar-refractivity contribution in [1.29, 1.82) is 0 Å². The molecule has 1 aromatic heterocycles. The van der Waals surface area contributed by atoms with Gasteiger partial charge in [0.1, 0.15) is 0 Å². The van der Waals surface area contributed by atoms with Crippen LogP contribution < -0.4 is 5.32 Å². The standard InChI is InChI=1S/C23H26N4O3S3/c1-16-10-12-27(13-11-16)33(29,30)19-9-8-17(2)20(14-19)21(28)24-22-25-26-23(32-22)31-15-18-6-4-3-5-7-18/h3-9,14,16H,10-13,15H2,1-2H3,(H,24,25,28). The molecule has 0 atom stereocenters. The molecule has 1 amide bonds. The maximum absolute atomic E-state index is 13.1. The molecule has 33 heavy (non-hydrogen) atoms. The molecule has 0 saturated carbocycles. The molecule has 1 fully saturated rings. The first kappa shape index (κ1) is 23.9. The molecule has 2 heterocycles. The Morgan fingerprint density at radius 1 is 1.15 bits per heavy atom. The van der Waals surface area contributed by atoms with Gasteiger partial charge in [-0.05, 0) is 48.9 Å². The summed E-state index contributed by atoms with van der Waals surface area (Å²) in [6, 6.07) is 14.8. The summed E-state index contributed by atoms with van der Waals surface area (Å²) in [5.74, 6) is 0.892. The van der Waals surface area contributed by atoms with E-state index in [1.165, 1.54) is 27.3 Å². The maximum Gasteiger partial charge on any atom is 0.257 e. The quantitative estimate of drug-likeness (QED) is 0.368. The lowest BCUT2D eigenvalue weighted by atomic mass is 10.0. The van der Waals surface area contributed by atoms with Crippen molar-refractivity contribution in [2.24, 2.45) is 5.92 Å². The van der Waals surface area contributed by atoms with Crippen LogP contribution in [0.3, 0.4) is 0 Å². The maximum atomic E-state index is 13.1. The zero-order valence-electron chi connectivity index (χ0n) is 18.5. The van der Waals surface area contributed by atoms with Crippen LogP contribution in [0, 0.1) is 12.8 Å². The Labute approximate surface area is 202 Å². The van der Waals surface area contributed by atoms with E-state index in [9.17, 15) is 13.2 Å². The summed E-state index contributed by atoms with van der Waals surface area (Å²) >= 11 is 2.85. The average Bonchev–Trinajstić information content (AvgIpc) is 3.26. The third kappa shape index (κ3) is 5.81. The normalized spacial score (nSPS) is 15.5. The van der Waals surface area contributed by atoms with Gasteiger partial charge in [0, 0.05) is 24.4 Å². The van der Waals surface area contributed by atoms with Gasteiger partial charge in [0.2, 0.25) is 15.2 Å². The van der Waals surface area contributed by atoms with Crippen LogP contribution in [0.5, 0.6) is 0 Å². The first-order chi connectivity index (χ1) is 15.8. The minimum atomic E-state index is -3.64. The Morgan fingerprint density at radius 3 is 2.61 bits per heavy atom. The van der Waals surface area contributed by atoms with Crippen LogP contribution in [0.4, 0.5) is 5.13 Å². The number of carbonyl (C=O) groups is 1. The number of aromatic nitrogens is 2. The van der Waals surface area contributed by atoms with Gasteiger partial charge in [0.05, 0.1) is 4.90 Å². The predicted molar refractivity (Wildman–Crippen MR) is 132 cm³/mol. The number of nitrogens with zero attached hydrogens (tertiary/aromatic N) is 3. The molecule has 1 saturated heterocycles. The highest BCUT2D eigenvalue weighted by Gasteiger charge is 2.29. The zero-order chi connectivity index (χ0) is 23.4. The van der Waals surface area contributed by atoms with Crippen molar-refractivity contribution in [2.45, 2.75) is 41.7 Å². The van der Waals surface area contributed by atoms with Crippen molar-refractivity contribution in [3.63, 3.8) is 0 Å². The third-order valence-electron chi connectivity index (χ3n) is 5.67. The molecule has 2 aromatic carbocycles. The van der Waals surface area contributed by atoms with Gasteiger partial charge in [0.25, 0.3) is 5.91 Å². The average molecular weight is 503 g/mol. The number of rotatable bonds is 7. The summed E-state index contributed by atoms with van der Waals surface area (Å²) in [5.41, 5.74) is 2.19. The van der Waals surface area contributed by atoms with Crippen LogP contribution in [0.15, 0.2) is 57.8 Å². The van der Waals surface area contributed by atoms with E-state index in [1.807, 2.05) is 30.3 Å². The topological polar surface area (TPSA) is 92.3 Å². The molecule has 1 aliphatic heterocycles. The van der Waals surface area contributed by atoms with Gasteiger partial charge in [-0.25, -0.2) is 8.42 Å². The Bertz CT molecular complexity index is 1220. The van der Waals surface area contributed by atoms with Crippen LogP contribution in [0.2, 0.25) is 0 Å². The van der Waals surface area contributed by atoms with Crippen LogP contribution >= 0.6 is 23.1 Å². The second-order valence-electron chi connectivity index (χ2n) is 8.16. The van der Waals surface area contributed by atoms with Crippen molar-refractivity contribution in [3.05, 3.63) is 65.2 Å². The highest BCUT2D eigenvalue weighted by molar-refractivity contribution is 8.00. The van der Waals surface area contributed by atoms with Gasteiger partial charge in [-0.1, -0.05) is 66.4 Å². The Balaban J connectivity index is 1.45. The van der Waals surface area contributed by atoms with E-state index in [0.717, 1.165) is 22.9 Å². The number of thioether (sulfide) groups is 1. The van der Waals surface area contributed by atoms with Crippen LogP contribution in [0.25, 0.3) is 0 Å². The summed E-state index contributed by atoms with van der Waals surface area (Å²) in [7, 11) is -3.64. The van der Waals surface area contributed by atoms with Crippen molar-refractivity contribution in [3.8, 4) is 0 Å². The van der Waals surface area contributed by atoms with Crippen molar-refractivity contribution in [1.82, 2.24) is 14.5 Å². The smallest absolute Gasteiger partial charge is 0.257 e. The first-order valence-electron chi connectivity index (χ1n) is 10.8. The molecule has 3 aromatic rings. The number of piperidine rings is 1. The molecule has 0 unspecified atom stereocenters. The number of hydrogen-bond acceptors (Lipinski definition) is 7. The number of anilines is 1. The van der Waals surface area contributed by atoms with Gasteiger partial charge in [-0.15, -0.1) is 10.2 Å². The van der Waals surface area contributed by atoms with Crippen LogP contribution in [-0.4, -0.2) is 41.9 Å². The molecule has 1 N–H and O–H groups in total. The van der Waals surface area contributed by atoms with Crippen LogP contribution in [-0.2, 0) is 15.8 Å². The second kappa shape index (κ2) is 10.3. The molecule has 0 spiro atoms. The summed E-state index contributed by atoms with van der Waals surface area (Å²) in [5, 5.41) is 11.4. The molecule has 1 aliphatic rings. The van der Waals surface area contributed by atoms with E-state index in [4.69, 9.17) is 0 Å². The molecular weight excluding hydrogens is 476 g/mol. The number of benzene rings is 2. The van der Waals surface area contributed by atoms with E-state index in [1.54, 1.807) is 30.8 Å². The molecule has 7 nitrogen and oxygen atoms in total. The van der Waals surface area contributed by atoms with Gasteiger partial charge in [0.15, 0.2) is 4.34 Å². The molecule has 174 valence electrons.